The molecule has 0 radical (unpaired) electrons. The maximum absolute atomic E-state index is 11.5. The van der Waals surface area contributed by atoms with E-state index in [1.165, 1.54) is 6.26 Å². The molecule has 0 saturated heterocycles. The number of hydrogen-bond acceptors (Lipinski definition) is 5. The summed E-state index contributed by atoms with van der Waals surface area (Å²) in [6, 6.07) is 6.88. The van der Waals surface area contributed by atoms with Crippen LogP contribution in [-0.4, -0.2) is 38.1 Å². The average molecular weight is 312 g/mol. The molecule has 1 unspecified atom stereocenters. The van der Waals surface area contributed by atoms with Crippen molar-refractivity contribution in [1.29, 1.82) is 0 Å². The number of aliphatic hydroxyl groups is 1. The van der Waals surface area contributed by atoms with Gasteiger partial charge in [0.1, 0.15) is 9.84 Å². The summed E-state index contributed by atoms with van der Waals surface area (Å²) < 4.78 is 27.8. The molecule has 6 heteroatoms. The van der Waals surface area contributed by atoms with Gasteiger partial charge in [-0.3, -0.25) is 0 Å². The van der Waals surface area contributed by atoms with Crippen molar-refractivity contribution >= 4 is 15.8 Å². The minimum atomic E-state index is -3.04. The Kier molecular flexibility index (Phi) is 4.39. The first-order chi connectivity index (χ1) is 9.77. The van der Waals surface area contributed by atoms with Crippen LogP contribution in [0.5, 0.6) is 0 Å². The van der Waals surface area contributed by atoms with Crippen LogP contribution < -0.4 is 0 Å². The van der Waals surface area contributed by atoms with Crippen molar-refractivity contribution < 1.29 is 23.1 Å². The zero-order valence-corrected chi connectivity index (χ0v) is 13.0. The zero-order valence-electron chi connectivity index (χ0n) is 12.2. The first kappa shape index (κ1) is 16.0. The molecule has 0 bridgehead atoms. The van der Waals surface area contributed by atoms with Crippen molar-refractivity contribution in [3.63, 3.8) is 0 Å². The molecule has 21 heavy (non-hydrogen) atoms. The van der Waals surface area contributed by atoms with Gasteiger partial charge in [0, 0.05) is 11.7 Å². The van der Waals surface area contributed by atoms with E-state index in [0.717, 1.165) is 18.4 Å². The topological polar surface area (TPSA) is 80.7 Å². The minimum Gasteiger partial charge on any atom is -0.464 e. The van der Waals surface area contributed by atoms with Gasteiger partial charge in [-0.25, -0.2) is 13.2 Å². The van der Waals surface area contributed by atoms with Crippen LogP contribution >= 0.6 is 0 Å². The Morgan fingerprint density at radius 3 is 2.33 bits per heavy atom. The van der Waals surface area contributed by atoms with Crippen LogP contribution in [0, 0.1) is 0 Å². The molecule has 2 rings (SSSR count). The maximum atomic E-state index is 11.5. The van der Waals surface area contributed by atoms with Crippen LogP contribution in [0.15, 0.2) is 24.3 Å². The third kappa shape index (κ3) is 3.83. The minimum absolute atomic E-state index is 0.139. The molecule has 0 spiro atoms. The normalized spacial score (nSPS) is 18.0. The van der Waals surface area contributed by atoms with E-state index in [1.807, 2.05) is 0 Å². The average Bonchev–Trinajstić information content (AvgIpc) is 3.17. The van der Waals surface area contributed by atoms with Gasteiger partial charge in [0.15, 0.2) is 6.10 Å². The Hall–Kier alpha value is -1.40. The highest BCUT2D eigenvalue weighted by atomic mass is 32.2. The summed E-state index contributed by atoms with van der Waals surface area (Å²) in [5.41, 5.74) is 1.10. The van der Waals surface area contributed by atoms with Gasteiger partial charge >= 0.3 is 5.97 Å². The molecule has 1 aromatic carbocycles. The summed E-state index contributed by atoms with van der Waals surface area (Å²) in [6.07, 6.45) is 1.63. The van der Waals surface area contributed by atoms with Gasteiger partial charge in [-0.15, -0.1) is 0 Å². The van der Waals surface area contributed by atoms with Gasteiger partial charge in [-0.1, -0.05) is 24.3 Å². The summed E-state index contributed by atoms with van der Waals surface area (Å²) >= 11 is 0. The van der Waals surface area contributed by atoms with Gasteiger partial charge in [0.05, 0.1) is 12.4 Å². The monoisotopic (exact) mass is 312 g/mol. The van der Waals surface area contributed by atoms with E-state index in [9.17, 15) is 18.3 Å². The summed E-state index contributed by atoms with van der Waals surface area (Å²) in [7, 11) is -3.04. The lowest BCUT2D eigenvalue weighted by atomic mass is 9.96. The van der Waals surface area contributed by atoms with Crippen LogP contribution in [0.2, 0.25) is 0 Å². The number of aliphatic hydroxyl groups excluding tert-OH is 1. The van der Waals surface area contributed by atoms with Gasteiger partial charge in [0.2, 0.25) is 0 Å². The van der Waals surface area contributed by atoms with E-state index in [1.54, 1.807) is 31.2 Å². The van der Waals surface area contributed by atoms with Crippen molar-refractivity contribution in [2.75, 3.05) is 18.6 Å². The SMILES string of the molecule is CCOC(=O)C(O)c1ccc(C2(CS(C)(=O)=O)CC2)cc1. The second-order valence-corrected chi connectivity index (χ2v) is 7.77. The molecule has 5 nitrogen and oxygen atoms in total. The Labute approximate surface area is 124 Å². The molecule has 116 valence electrons. The van der Waals surface area contributed by atoms with E-state index in [0.29, 0.717) is 5.56 Å². The zero-order chi connectivity index (χ0) is 15.7. The van der Waals surface area contributed by atoms with E-state index in [2.05, 4.69) is 0 Å². The lowest BCUT2D eigenvalue weighted by Gasteiger charge is -2.16. The summed E-state index contributed by atoms with van der Waals surface area (Å²) in [5, 5.41) is 9.85. The van der Waals surface area contributed by atoms with Gasteiger partial charge in [-0.05, 0) is 30.9 Å². The number of carbonyl (C=O) groups excluding carboxylic acids is 1. The predicted octanol–water partition coefficient (Wildman–Crippen LogP) is 1.36. The van der Waals surface area contributed by atoms with Crippen molar-refractivity contribution in [2.45, 2.75) is 31.3 Å². The number of esters is 1. The van der Waals surface area contributed by atoms with Gasteiger partial charge < -0.3 is 9.84 Å². The number of carbonyl (C=O) groups is 1. The van der Waals surface area contributed by atoms with E-state index in [-0.39, 0.29) is 17.8 Å². The van der Waals surface area contributed by atoms with Crippen molar-refractivity contribution in [1.82, 2.24) is 0 Å². The summed E-state index contributed by atoms with van der Waals surface area (Å²) in [6.45, 7) is 1.89. The Morgan fingerprint density at radius 2 is 1.90 bits per heavy atom. The van der Waals surface area contributed by atoms with Crippen LogP contribution in [0.1, 0.15) is 37.0 Å². The Morgan fingerprint density at radius 1 is 1.33 bits per heavy atom. The highest BCUT2D eigenvalue weighted by Crippen LogP contribution is 2.49. The molecule has 0 amide bonds. The fraction of sp³-hybridized carbons (Fsp3) is 0.533. The maximum Gasteiger partial charge on any atom is 0.339 e. The van der Waals surface area contributed by atoms with Crippen molar-refractivity contribution in [3.8, 4) is 0 Å². The van der Waals surface area contributed by atoms with E-state index in [4.69, 9.17) is 4.74 Å². The molecule has 1 atom stereocenters. The first-order valence-corrected chi connectivity index (χ1v) is 8.96. The molecular formula is C15H20O5S. The molecule has 1 fully saturated rings. The first-order valence-electron chi connectivity index (χ1n) is 6.90. The largest absolute Gasteiger partial charge is 0.464 e. The molecule has 0 aromatic heterocycles. The van der Waals surface area contributed by atoms with Crippen molar-refractivity contribution in [2.24, 2.45) is 0 Å². The fourth-order valence-corrected chi connectivity index (χ4v) is 4.00. The van der Waals surface area contributed by atoms with Crippen LogP contribution in [-0.2, 0) is 24.8 Å². The van der Waals surface area contributed by atoms with Gasteiger partial charge in [0.25, 0.3) is 0 Å². The fourth-order valence-electron chi connectivity index (χ4n) is 2.55. The molecule has 0 heterocycles. The smallest absolute Gasteiger partial charge is 0.339 e. The van der Waals surface area contributed by atoms with E-state index >= 15 is 0 Å². The third-order valence-corrected chi connectivity index (χ3v) is 4.82. The predicted molar refractivity (Wildman–Crippen MR) is 78.7 cm³/mol. The molecule has 1 aliphatic rings. The summed E-state index contributed by atoms with van der Waals surface area (Å²) in [4.78, 5) is 11.5. The Balaban J connectivity index is 2.14. The van der Waals surface area contributed by atoms with Gasteiger partial charge in [-0.2, -0.15) is 0 Å². The third-order valence-electron chi connectivity index (χ3n) is 3.74. The number of hydrogen-bond donors (Lipinski definition) is 1. The number of benzene rings is 1. The molecule has 0 aliphatic heterocycles. The molecule has 1 N–H and O–H groups in total. The Bertz CT molecular complexity index is 614. The standard InChI is InChI=1S/C15H20O5S/c1-3-20-14(17)13(16)11-4-6-12(7-5-11)15(8-9-15)10-21(2,18)19/h4-7,13,16H,3,8-10H2,1-2H3. The number of sulfone groups is 1. The highest BCUT2D eigenvalue weighted by Gasteiger charge is 2.46. The lowest BCUT2D eigenvalue weighted by molar-refractivity contribution is -0.153. The number of ether oxygens (including phenoxy) is 1. The van der Waals surface area contributed by atoms with Crippen LogP contribution in [0.25, 0.3) is 0 Å². The molecular weight excluding hydrogens is 292 g/mol. The second-order valence-electron chi connectivity index (χ2n) is 5.63. The summed E-state index contributed by atoms with van der Waals surface area (Å²) in [5.74, 6) is -0.540. The molecule has 1 aromatic rings. The van der Waals surface area contributed by atoms with Crippen molar-refractivity contribution in [3.05, 3.63) is 35.4 Å². The quantitative estimate of drug-likeness (QED) is 0.802. The molecule has 1 aliphatic carbocycles. The number of rotatable bonds is 6. The highest BCUT2D eigenvalue weighted by molar-refractivity contribution is 7.90. The second kappa shape index (κ2) is 5.77. The lowest BCUT2D eigenvalue weighted by Crippen LogP contribution is -2.20. The molecule has 1 saturated carbocycles. The van der Waals surface area contributed by atoms with E-state index < -0.39 is 21.9 Å². The van der Waals surface area contributed by atoms with Crippen LogP contribution in [0.3, 0.4) is 0 Å². The van der Waals surface area contributed by atoms with Crippen LogP contribution in [0.4, 0.5) is 0 Å².